The van der Waals surface area contributed by atoms with Crippen molar-refractivity contribution in [3.05, 3.63) is 11.4 Å². The van der Waals surface area contributed by atoms with Crippen LogP contribution in [0.3, 0.4) is 0 Å². The van der Waals surface area contributed by atoms with Gasteiger partial charge in [0.25, 0.3) is 0 Å². The van der Waals surface area contributed by atoms with Gasteiger partial charge in [0.15, 0.2) is 0 Å². The molecule has 4 nitrogen and oxygen atoms in total. The molecule has 12 heavy (non-hydrogen) atoms. The Labute approximate surface area is 68.6 Å². The number of aliphatic hydroxyl groups excluding tert-OH is 4. The minimum absolute atomic E-state index is 0.139. The molecule has 0 amide bonds. The summed E-state index contributed by atoms with van der Waals surface area (Å²) in [6, 6.07) is 0. The molecule has 70 valence electrons. The summed E-state index contributed by atoms with van der Waals surface area (Å²) in [5, 5.41) is 36.1. The summed E-state index contributed by atoms with van der Waals surface area (Å²) in [5.74, 6) is -0.972. The van der Waals surface area contributed by atoms with Gasteiger partial charge in [-0.2, -0.15) is 0 Å². The first-order chi connectivity index (χ1) is 5.46. The lowest BCUT2D eigenvalue weighted by Crippen LogP contribution is -2.49. The highest BCUT2D eigenvalue weighted by atomic mass is 19.1. The zero-order valence-electron chi connectivity index (χ0n) is 6.48. The summed E-state index contributed by atoms with van der Waals surface area (Å²) < 4.78 is 12.8. The lowest BCUT2D eigenvalue weighted by Gasteiger charge is -2.32. The Morgan fingerprint density at radius 3 is 1.92 bits per heavy atom. The number of hydrogen-bond donors (Lipinski definition) is 4. The van der Waals surface area contributed by atoms with E-state index < -0.39 is 30.2 Å². The second kappa shape index (κ2) is 3.10. The third kappa shape index (κ3) is 1.25. The molecule has 1 aliphatic carbocycles. The molecule has 0 fully saturated rings. The van der Waals surface area contributed by atoms with Crippen molar-refractivity contribution in [2.24, 2.45) is 0 Å². The van der Waals surface area contributed by atoms with Gasteiger partial charge in [0.2, 0.25) is 0 Å². The highest BCUT2D eigenvalue weighted by Crippen LogP contribution is 2.26. The summed E-state index contributed by atoms with van der Waals surface area (Å²) in [7, 11) is 0. The van der Waals surface area contributed by atoms with Crippen molar-refractivity contribution in [2.75, 3.05) is 0 Å². The average molecular weight is 178 g/mol. The number of rotatable bonds is 0. The predicted molar refractivity (Wildman–Crippen MR) is 37.8 cm³/mol. The summed E-state index contributed by atoms with van der Waals surface area (Å²) in [6.45, 7) is 1.25. The van der Waals surface area contributed by atoms with Crippen LogP contribution in [0.2, 0.25) is 0 Å². The first-order valence-electron chi connectivity index (χ1n) is 3.55. The lowest BCUT2D eigenvalue weighted by atomic mass is 9.89. The van der Waals surface area contributed by atoms with Crippen LogP contribution in [0.5, 0.6) is 0 Å². The van der Waals surface area contributed by atoms with Crippen LogP contribution in [0.1, 0.15) is 6.92 Å². The second-order valence-electron chi connectivity index (χ2n) is 2.90. The second-order valence-corrected chi connectivity index (χ2v) is 2.90. The van der Waals surface area contributed by atoms with Crippen molar-refractivity contribution in [1.82, 2.24) is 0 Å². The zero-order chi connectivity index (χ0) is 9.46. The van der Waals surface area contributed by atoms with E-state index in [1.54, 1.807) is 0 Å². The van der Waals surface area contributed by atoms with Crippen LogP contribution < -0.4 is 0 Å². The fourth-order valence-electron chi connectivity index (χ4n) is 1.15. The van der Waals surface area contributed by atoms with Crippen LogP contribution in [0.25, 0.3) is 0 Å². The molecule has 0 aromatic rings. The van der Waals surface area contributed by atoms with Crippen LogP contribution >= 0.6 is 0 Å². The monoisotopic (exact) mass is 178 g/mol. The number of halogens is 1. The Balaban J connectivity index is 3.00. The van der Waals surface area contributed by atoms with Crippen LogP contribution in [0, 0.1) is 0 Å². The largest absolute Gasteiger partial charge is 0.387 e. The van der Waals surface area contributed by atoms with Gasteiger partial charge in [-0.1, -0.05) is 0 Å². The molecule has 1 aliphatic rings. The third-order valence-corrected chi connectivity index (χ3v) is 2.08. The van der Waals surface area contributed by atoms with Crippen LogP contribution in [-0.4, -0.2) is 44.8 Å². The first-order valence-corrected chi connectivity index (χ1v) is 3.55. The van der Waals surface area contributed by atoms with E-state index in [9.17, 15) is 4.39 Å². The van der Waals surface area contributed by atoms with E-state index in [4.69, 9.17) is 20.4 Å². The SMILES string of the molecule is CC1=C(F)[C@H](O)[C@H](O)[C@@H](O)[C@H]1O. The fraction of sp³-hybridized carbons (Fsp3) is 0.714. The fourth-order valence-corrected chi connectivity index (χ4v) is 1.15. The van der Waals surface area contributed by atoms with Crippen LogP contribution in [0.4, 0.5) is 4.39 Å². The van der Waals surface area contributed by atoms with Crippen molar-refractivity contribution < 1.29 is 24.8 Å². The molecule has 0 heterocycles. The van der Waals surface area contributed by atoms with E-state index in [-0.39, 0.29) is 5.57 Å². The molecule has 0 aromatic heterocycles. The molecule has 5 heteroatoms. The third-order valence-electron chi connectivity index (χ3n) is 2.08. The summed E-state index contributed by atoms with van der Waals surface area (Å²) in [5.41, 5.74) is -0.139. The van der Waals surface area contributed by atoms with Gasteiger partial charge in [-0.25, -0.2) is 4.39 Å². The van der Waals surface area contributed by atoms with Gasteiger partial charge in [-0.3, -0.25) is 0 Å². The molecule has 0 spiro atoms. The van der Waals surface area contributed by atoms with E-state index in [2.05, 4.69) is 0 Å². The first kappa shape index (κ1) is 9.60. The maximum absolute atomic E-state index is 12.8. The van der Waals surface area contributed by atoms with Gasteiger partial charge in [0.1, 0.15) is 30.2 Å². The van der Waals surface area contributed by atoms with Crippen LogP contribution in [-0.2, 0) is 0 Å². The zero-order valence-corrected chi connectivity index (χ0v) is 6.48. The van der Waals surface area contributed by atoms with Crippen molar-refractivity contribution in [2.45, 2.75) is 31.3 Å². The summed E-state index contributed by atoms with van der Waals surface area (Å²) in [4.78, 5) is 0. The molecule has 0 unspecified atom stereocenters. The Morgan fingerprint density at radius 2 is 1.42 bits per heavy atom. The molecule has 4 atom stereocenters. The van der Waals surface area contributed by atoms with Crippen molar-refractivity contribution in [1.29, 1.82) is 0 Å². The molecule has 0 radical (unpaired) electrons. The van der Waals surface area contributed by atoms with Gasteiger partial charge in [-0.15, -0.1) is 0 Å². The van der Waals surface area contributed by atoms with Gasteiger partial charge >= 0.3 is 0 Å². The van der Waals surface area contributed by atoms with E-state index in [1.807, 2.05) is 0 Å². The molecule has 0 saturated heterocycles. The number of hydrogen-bond acceptors (Lipinski definition) is 4. The van der Waals surface area contributed by atoms with E-state index >= 15 is 0 Å². The smallest absolute Gasteiger partial charge is 0.134 e. The minimum atomic E-state index is -1.73. The number of aliphatic hydroxyl groups is 4. The molecule has 0 aliphatic heterocycles. The topological polar surface area (TPSA) is 80.9 Å². The summed E-state index contributed by atoms with van der Waals surface area (Å²) in [6.07, 6.45) is -6.37. The molecular weight excluding hydrogens is 167 g/mol. The molecular formula is C7H11FO4. The highest BCUT2D eigenvalue weighted by molar-refractivity contribution is 5.22. The molecule has 1 rings (SSSR count). The highest BCUT2D eigenvalue weighted by Gasteiger charge is 2.40. The Morgan fingerprint density at radius 1 is 1.00 bits per heavy atom. The molecule has 0 saturated carbocycles. The predicted octanol–water partition coefficient (Wildman–Crippen LogP) is -1.31. The maximum atomic E-state index is 12.8. The van der Waals surface area contributed by atoms with E-state index in [0.29, 0.717) is 0 Å². The van der Waals surface area contributed by atoms with E-state index in [1.165, 1.54) is 6.92 Å². The van der Waals surface area contributed by atoms with E-state index in [0.717, 1.165) is 0 Å². The summed E-state index contributed by atoms with van der Waals surface area (Å²) >= 11 is 0. The maximum Gasteiger partial charge on any atom is 0.134 e. The van der Waals surface area contributed by atoms with Crippen LogP contribution in [0.15, 0.2) is 11.4 Å². The molecule has 4 N–H and O–H groups in total. The van der Waals surface area contributed by atoms with Crippen molar-refractivity contribution in [3.8, 4) is 0 Å². The van der Waals surface area contributed by atoms with Gasteiger partial charge in [0.05, 0.1) is 0 Å². The Kier molecular flexibility index (Phi) is 2.48. The average Bonchev–Trinajstić information content (AvgIpc) is 2.08. The quantitative estimate of drug-likeness (QED) is 0.371. The Hall–Kier alpha value is -0.490. The van der Waals surface area contributed by atoms with Gasteiger partial charge < -0.3 is 20.4 Å². The Bertz CT molecular complexity index is 193. The standard InChI is InChI=1S/C7H11FO4/c1-2-3(8)5(10)7(12)6(11)4(2)9/h4-7,9-12H,1H3/t4-,5-,6-,7-/m0/s1. The van der Waals surface area contributed by atoms with Gasteiger partial charge in [-0.05, 0) is 12.5 Å². The molecule has 0 aromatic carbocycles. The lowest BCUT2D eigenvalue weighted by molar-refractivity contribution is -0.103. The minimum Gasteiger partial charge on any atom is -0.387 e. The normalized spacial score (nSPS) is 43.5. The van der Waals surface area contributed by atoms with Crippen molar-refractivity contribution >= 4 is 0 Å². The van der Waals surface area contributed by atoms with Gasteiger partial charge in [0, 0.05) is 0 Å². The molecule has 0 bridgehead atoms. The van der Waals surface area contributed by atoms with Crippen molar-refractivity contribution in [3.63, 3.8) is 0 Å².